The molecule has 0 spiro atoms. The van der Waals surface area contributed by atoms with Crippen LogP contribution in [0.4, 0.5) is 8.78 Å². The molecule has 0 aliphatic rings. The first kappa shape index (κ1) is 13.5. The Bertz CT molecular complexity index is 570. The van der Waals surface area contributed by atoms with Gasteiger partial charge in [0.2, 0.25) is 0 Å². The van der Waals surface area contributed by atoms with Crippen LogP contribution in [0.25, 0.3) is 0 Å². The van der Waals surface area contributed by atoms with Gasteiger partial charge >= 0.3 is 0 Å². The number of benzene rings is 2. The number of halogens is 2. The minimum Gasteiger partial charge on any atom is -0.454 e. The van der Waals surface area contributed by atoms with Crippen LogP contribution in [0.5, 0.6) is 11.5 Å². The number of para-hydroxylation sites is 1. The molecule has 0 fully saturated rings. The van der Waals surface area contributed by atoms with Gasteiger partial charge in [0.15, 0.2) is 11.6 Å². The van der Waals surface area contributed by atoms with Gasteiger partial charge in [0.25, 0.3) is 0 Å². The SMILES string of the molecule is CC(N)Cc1c(F)cccc1Oc1ccccc1F. The van der Waals surface area contributed by atoms with E-state index in [1.165, 1.54) is 24.3 Å². The molecule has 0 amide bonds. The maximum absolute atomic E-state index is 13.8. The second-order valence-electron chi connectivity index (χ2n) is 4.43. The molecule has 2 rings (SSSR count). The maximum atomic E-state index is 13.8. The Hall–Kier alpha value is -1.94. The molecule has 1 atom stereocenters. The minimum atomic E-state index is -0.487. The van der Waals surface area contributed by atoms with E-state index in [-0.39, 0.29) is 11.8 Å². The minimum absolute atomic E-state index is 0.0685. The van der Waals surface area contributed by atoms with Crippen molar-refractivity contribution in [1.29, 1.82) is 0 Å². The molecule has 100 valence electrons. The maximum Gasteiger partial charge on any atom is 0.165 e. The normalized spacial score (nSPS) is 12.2. The molecule has 0 saturated heterocycles. The topological polar surface area (TPSA) is 35.2 Å². The van der Waals surface area contributed by atoms with Crippen molar-refractivity contribution in [2.24, 2.45) is 5.73 Å². The van der Waals surface area contributed by atoms with E-state index in [0.717, 1.165) is 0 Å². The van der Waals surface area contributed by atoms with Crippen molar-refractivity contribution in [3.63, 3.8) is 0 Å². The van der Waals surface area contributed by atoms with E-state index in [0.29, 0.717) is 17.7 Å². The molecule has 0 radical (unpaired) electrons. The lowest BCUT2D eigenvalue weighted by Gasteiger charge is -2.14. The molecule has 0 aromatic heterocycles. The highest BCUT2D eigenvalue weighted by Crippen LogP contribution is 2.29. The average Bonchev–Trinajstić information content (AvgIpc) is 2.36. The van der Waals surface area contributed by atoms with E-state index in [9.17, 15) is 8.78 Å². The Morgan fingerprint density at radius 3 is 2.32 bits per heavy atom. The van der Waals surface area contributed by atoms with Crippen molar-refractivity contribution in [3.05, 3.63) is 59.7 Å². The number of hydrogen-bond acceptors (Lipinski definition) is 2. The molecule has 0 saturated carbocycles. The first-order valence-electron chi connectivity index (χ1n) is 6.03. The Morgan fingerprint density at radius 2 is 1.63 bits per heavy atom. The van der Waals surface area contributed by atoms with Crippen LogP contribution in [-0.2, 0) is 6.42 Å². The Labute approximate surface area is 110 Å². The summed E-state index contributed by atoms with van der Waals surface area (Å²) in [4.78, 5) is 0. The number of ether oxygens (including phenoxy) is 1. The fourth-order valence-electron chi connectivity index (χ4n) is 1.80. The van der Waals surface area contributed by atoms with Crippen molar-refractivity contribution < 1.29 is 13.5 Å². The van der Waals surface area contributed by atoms with E-state index < -0.39 is 11.6 Å². The molecule has 0 bridgehead atoms. The summed E-state index contributed by atoms with van der Waals surface area (Å²) in [6.45, 7) is 1.78. The molecule has 1 unspecified atom stereocenters. The van der Waals surface area contributed by atoms with Crippen molar-refractivity contribution in [2.75, 3.05) is 0 Å². The largest absolute Gasteiger partial charge is 0.454 e. The lowest BCUT2D eigenvalue weighted by Crippen LogP contribution is -2.19. The average molecular weight is 263 g/mol. The highest BCUT2D eigenvalue weighted by atomic mass is 19.1. The van der Waals surface area contributed by atoms with E-state index in [2.05, 4.69) is 0 Å². The van der Waals surface area contributed by atoms with Gasteiger partial charge in [-0.1, -0.05) is 18.2 Å². The fourth-order valence-corrected chi connectivity index (χ4v) is 1.80. The molecule has 19 heavy (non-hydrogen) atoms. The molecule has 2 aromatic carbocycles. The van der Waals surface area contributed by atoms with Crippen LogP contribution >= 0.6 is 0 Å². The van der Waals surface area contributed by atoms with Crippen LogP contribution in [0.2, 0.25) is 0 Å². The molecule has 2 N–H and O–H groups in total. The second-order valence-corrected chi connectivity index (χ2v) is 4.43. The standard InChI is InChI=1S/C15H15F2NO/c1-10(18)9-11-12(16)6-4-8-14(11)19-15-7-3-2-5-13(15)17/h2-8,10H,9,18H2,1H3. The number of hydrogen-bond donors (Lipinski definition) is 1. The summed E-state index contributed by atoms with van der Waals surface area (Å²) in [6, 6.07) is 10.3. The Balaban J connectivity index is 2.35. The summed E-state index contributed by atoms with van der Waals surface area (Å²) in [5.41, 5.74) is 6.05. The van der Waals surface area contributed by atoms with Crippen LogP contribution in [0, 0.1) is 11.6 Å². The summed E-state index contributed by atoms with van der Waals surface area (Å²) in [6.07, 6.45) is 0.330. The van der Waals surface area contributed by atoms with Gasteiger partial charge in [-0.15, -0.1) is 0 Å². The highest BCUT2D eigenvalue weighted by molar-refractivity contribution is 5.39. The monoisotopic (exact) mass is 263 g/mol. The van der Waals surface area contributed by atoms with Crippen LogP contribution in [0.3, 0.4) is 0 Å². The molecule has 2 aromatic rings. The van der Waals surface area contributed by atoms with Crippen molar-refractivity contribution in [2.45, 2.75) is 19.4 Å². The third-order valence-corrected chi connectivity index (χ3v) is 2.66. The summed E-state index contributed by atoms with van der Waals surface area (Å²) >= 11 is 0. The molecule has 4 heteroatoms. The van der Waals surface area contributed by atoms with Gasteiger partial charge < -0.3 is 10.5 Å². The molecule has 0 heterocycles. The van der Waals surface area contributed by atoms with Gasteiger partial charge in [-0.2, -0.15) is 0 Å². The zero-order valence-electron chi connectivity index (χ0n) is 10.6. The molecular formula is C15H15F2NO. The lowest BCUT2D eigenvalue weighted by molar-refractivity contribution is 0.430. The number of nitrogens with two attached hydrogens (primary N) is 1. The van der Waals surface area contributed by atoms with E-state index >= 15 is 0 Å². The fraction of sp³-hybridized carbons (Fsp3) is 0.200. The van der Waals surface area contributed by atoms with Crippen molar-refractivity contribution >= 4 is 0 Å². The van der Waals surface area contributed by atoms with Crippen LogP contribution in [0.15, 0.2) is 42.5 Å². The first-order valence-corrected chi connectivity index (χ1v) is 6.03. The molecule has 0 aliphatic carbocycles. The number of rotatable bonds is 4. The van der Waals surface area contributed by atoms with Gasteiger partial charge in [0.1, 0.15) is 11.6 Å². The zero-order valence-corrected chi connectivity index (χ0v) is 10.6. The molecular weight excluding hydrogens is 248 g/mol. The van der Waals surface area contributed by atoms with Crippen LogP contribution in [0.1, 0.15) is 12.5 Å². The van der Waals surface area contributed by atoms with Gasteiger partial charge in [-0.3, -0.25) is 0 Å². The van der Waals surface area contributed by atoms with E-state index in [1.807, 2.05) is 0 Å². The van der Waals surface area contributed by atoms with Gasteiger partial charge in [0, 0.05) is 11.6 Å². The first-order chi connectivity index (χ1) is 9.08. The third-order valence-electron chi connectivity index (χ3n) is 2.66. The van der Waals surface area contributed by atoms with Gasteiger partial charge in [0.05, 0.1) is 0 Å². The molecule has 0 aliphatic heterocycles. The summed E-state index contributed by atoms with van der Waals surface area (Å²) < 4.78 is 32.8. The smallest absolute Gasteiger partial charge is 0.165 e. The van der Waals surface area contributed by atoms with Crippen molar-refractivity contribution in [1.82, 2.24) is 0 Å². The van der Waals surface area contributed by atoms with Crippen molar-refractivity contribution in [3.8, 4) is 11.5 Å². The summed E-state index contributed by atoms with van der Waals surface area (Å²) in [7, 11) is 0. The lowest BCUT2D eigenvalue weighted by atomic mass is 10.1. The van der Waals surface area contributed by atoms with E-state index in [1.54, 1.807) is 25.1 Å². The highest BCUT2D eigenvalue weighted by Gasteiger charge is 2.13. The summed E-state index contributed by atoms with van der Waals surface area (Å²) in [5, 5.41) is 0. The molecule has 2 nitrogen and oxygen atoms in total. The summed E-state index contributed by atoms with van der Waals surface area (Å²) in [5.74, 6) is -0.522. The predicted molar refractivity (Wildman–Crippen MR) is 70.2 cm³/mol. The van der Waals surface area contributed by atoms with Crippen LogP contribution < -0.4 is 10.5 Å². The van der Waals surface area contributed by atoms with Gasteiger partial charge in [-0.05, 0) is 37.6 Å². The van der Waals surface area contributed by atoms with Gasteiger partial charge in [-0.25, -0.2) is 8.78 Å². The zero-order chi connectivity index (χ0) is 13.8. The quantitative estimate of drug-likeness (QED) is 0.913. The van der Waals surface area contributed by atoms with Crippen LogP contribution in [-0.4, -0.2) is 6.04 Å². The third kappa shape index (κ3) is 3.29. The Kier molecular flexibility index (Phi) is 4.12. The second kappa shape index (κ2) is 5.80. The Morgan fingerprint density at radius 1 is 1.00 bits per heavy atom. The van der Waals surface area contributed by atoms with E-state index in [4.69, 9.17) is 10.5 Å². The predicted octanol–water partition coefficient (Wildman–Crippen LogP) is 3.65.